The van der Waals surface area contributed by atoms with Crippen molar-refractivity contribution in [2.75, 3.05) is 5.73 Å². The summed E-state index contributed by atoms with van der Waals surface area (Å²) in [5.41, 5.74) is 6.64. The highest BCUT2D eigenvalue weighted by atomic mass is 32.2. The van der Waals surface area contributed by atoms with E-state index in [1.807, 2.05) is 12.1 Å². The van der Waals surface area contributed by atoms with Crippen LogP contribution in [0.1, 0.15) is 5.56 Å². The summed E-state index contributed by atoms with van der Waals surface area (Å²) in [5, 5.41) is 8.75. The van der Waals surface area contributed by atoms with Crippen molar-refractivity contribution in [3.8, 4) is 6.07 Å². The van der Waals surface area contributed by atoms with Crippen molar-refractivity contribution in [2.24, 2.45) is 0 Å². The molecule has 0 spiro atoms. The zero-order valence-electron chi connectivity index (χ0n) is 8.85. The number of hydrogen-bond donors (Lipinski definition) is 1. The molecule has 0 atom stereocenters. The normalized spacial score (nSPS) is 9.88. The molecule has 2 aromatic carbocycles. The highest BCUT2D eigenvalue weighted by molar-refractivity contribution is 7.99. The van der Waals surface area contributed by atoms with Crippen LogP contribution in [0.4, 0.5) is 10.1 Å². The average molecular weight is 244 g/mol. The molecule has 2 rings (SSSR count). The second-order valence-electron chi connectivity index (χ2n) is 3.42. The third-order valence-electron chi connectivity index (χ3n) is 2.19. The molecule has 0 aliphatic heterocycles. The maximum atomic E-state index is 12.7. The quantitative estimate of drug-likeness (QED) is 0.823. The van der Waals surface area contributed by atoms with Gasteiger partial charge in [0.15, 0.2) is 0 Å². The van der Waals surface area contributed by atoms with Gasteiger partial charge in [0.05, 0.1) is 11.3 Å². The van der Waals surface area contributed by atoms with Crippen LogP contribution in [0, 0.1) is 17.1 Å². The van der Waals surface area contributed by atoms with Gasteiger partial charge in [0.25, 0.3) is 0 Å². The average Bonchev–Trinajstić information content (AvgIpc) is 2.32. The molecule has 0 aromatic heterocycles. The molecule has 0 heterocycles. The minimum atomic E-state index is -0.256. The number of hydrogen-bond acceptors (Lipinski definition) is 3. The largest absolute Gasteiger partial charge is 0.398 e. The molecule has 2 aromatic rings. The minimum absolute atomic E-state index is 0.256. The van der Waals surface area contributed by atoms with Gasteiger partial charge in [-0.05, 0) is 42.5 Å². The molecule has 0 bridgehead atoms. The topological polar surface area (TPSA) is 49.8 Å². The summed E-state index contributed by atoms with van der Waals surface area (Å²) >= 11 is 1.47. The monoisotopic (exact) mass is 244 g/mol. The van der Waals surface area contributed by atoms with Gasteiger partial charge in [-0.25, -0.2) is 4.39 Å². The summed E-state index contributed by atoms with van der Waals surface area (Å²) in [4.78, 5) is 1.85. The van der Waals surface area contributed by atoms with Crippen LogP contribution in [0.15, 0.2) is 52.3 Å². The summed E-state index contributed by atoms with van der Waals surface area (Å²) in [6, 6.07) is 13.5. The molecule has 2 nitrogen and oxygen atoms in total. The van der Waals surface area contributed by atoms with E-state index in [-0.39, 0.29) is 5.82 Å². The molecule has 0 unspecified atom stereocenters. The summed E-state index contributed by atoms with van der Waals surface area (Å²) in [6.07, 6.45) is 0. The van der Waals surface area contributed by atoms with Gasteiger partial charge in [-0.15, -0.1) is 0 Å². The number of halogens is 1. The van der Waals surface area contributed by atoms with E-state index in [2.05, 4.69) is 0 Å². The van der Waals surface area contributed by atoms with Gasteiger partial charge in [-0.3, -0.25) is 0 Å². The summed E-state index contributed by atoms with van der Waals surface area (Å²) < 4.78 is 12.7. The van der Waals surface area contributed by atoms with Gasteiger partial charge in [-0.1, -0.05) is 11.8 Å². The van der Waals surface area contributed by atoms with Crippen LogP contribution in [0.3, 0.4) is 0 Å². The second kappa shape index (κ2) is 4.89. The van der Waals surface area contributed by atoms with Crippen molar-refractivity contribution < 1.29 is 4.39 Å². The third-order valence-corrected chi connectivity index (χ3v) is 3.19. The van der Waals surface area contributed by atoms with E-state index in [0.717, 1.165) is 9.79 Å². The first-order chi connectivity index (χ1) is 8.19. The van der Waals surface area contributed by atoms with E-state index in [1.165, 1.54) is 23.9 Å². The third kappa shape index (κ3) is 2.77. The number of nitrogen functional groups attached to an aromatic ring is 1. The molecule has 2 N–H and O–H groups in total. The van der Waals surface area contributed by atoms with Crippen LogP contribution in [0.2, 0.25) is 0 Å². The first-order valence-corrected chi connectivity index (χ1v) is 5.74. The fourth-order valence-corrected chi connectivity index (χ4v) is 2.21. The number of nitrogens with two attached hydrogens (primary N) is 1. The molecule has 0 radical (unpaired) electrons. The van der Waals surface area contributed by atoms with E-state index in [1.54, 1.807) is 24.3 Å². The van der Waals surface area contributed by atoms with E-state index < -0.39 is 0 Å². The Bertz CT molecular complexity index is 573. The molecular weight excluding hydrogens is 235 g/mol. The number of benzene rings is 2. The van der Waals surface area contributed by atoms with Crippen molar-refractivity contribution in [3.05, 3.63) is 53.8 Å². The van der Waals surface area contributed by atoms with Gasteiger partial charge < -0.3 is 5.73 Å². The Kier molecular flexibility index (Phi) is 3.31. The molecule has 0 fully saturated rings. The van der Waals surface area contributed by atoms with Crippen molar-refractivity contribution in [1.29, 1.82) is 5.26 Å². The SMILES string of the molecule is N#Cc1ccc(Sc2ccc(F)cc2)cc1N. The number of rotatable bonds is 2. The summed E-state index contributed by atoms with van der Waals surface area (Å²) in [6.45, 7) is 0. The zero-order valence-corrected chi connectivity index (χ0v) is 9.67. The molecule has 17 heavy (non-hydrogen) atoms. The lowest BCUT2D eigenvalue weighted by Gasteiger charge is -2.03. The number of nitrogens with zero attached hydrogens (tertiary/aromatic N) is 1. The molecule has 0 aliphatic carbocycles. The number of anilines is 1. The van der Waals surface area contributed by atoms with E-state index >= 15 is 0 Å². The van der Waals surface area contributed by atoms with Gasteiger partial charge in [0, 0.05) is 9.79 Å². The van der Waals surface area contributed by atoms with Crippen LogP contribution in [-0.4, -0.2) is 0 Å². The zero-order chi connectivity index (χ0) is 12.3. The van der Waals surface area contributed by atoms with Crippen molar-refractivity contribution in [2.45, 2.75) is 9.79 Å². The van der Waals surface area contributed by atoms with Gasteiger partial charge in [0.2, 0.25) is 0 Å². The Morgan fingerprint density at radius 1 is 1.06 bits per heavy atom. The predicted octanol–water partition coefficient (Wildman–Crippen LogP) is 3.43. The number of nitriles is 1. The Balaban J connectivity index is 2.22. The second-order valence-corrected chi connectivity index (χ2v) is 4.56. The molecular formula is C13H9FN2S. The summed E-state index contributed by atoms with van der Waals surface area (Å²) in [7, 11) is 0. The maximum absolute atomic E-state index is 12.7. The van der Waals surface area contributed by atoms with E-state index in [0.29, 0.717) is 11.3 Å². The first kappa shape index (κ1) is 11.5. The smallest absolute Gasteiger partial charge is 0.123 e. The molecule has 0 saturated carbocycles. The van der Waals surface area contributed by atoms with Gasteiger partial charge in [0.1, 0.15) is 11.9 Å². The van der Waals surface area contributed by atoms with Crippen LogP contribution in [0.5, 0.6) is 0 Å². The Morgan fingerprint density at radius 2 is 1.71 bits per heavy atom. The fraction of sp³-hybridized carbons (Fsp3) is 0. The standard InChI is InChI=1S/C13H9FN2S/c14-10-2-5-11(6-3-10)17-12-4-1-9(8-15)13(16)7-12/h1-7H,16H2. The first-order valence-electron chi connectivity index (χ1n) is 4.92. The van der Waals surface area contributed by atoms with Gasteiger partial charge in [-0.2, -0.15) is 5.26 Å². The Morgan fingerprint density at radius 3 is 2.29 bits per heavy atom. The molecule has 0 saturated heterocycles. The van der Waals surface area contributed by atoms with Crippen molar-refractivity contribution in [1.82, 2.24) is 0 Å². The molecule has 84 valence electrons. The van der Waals surface area contributed by atoms with Crippen LogP contribution < -0.4 is 5.73 Å². The lowest BCUT2D eigenvalue weighted by atomic mass is 10.2. The Labute approximate surface area is 103 Å². The maximum Gasteiger partial charge on any atom is 0.123 e. The lowest BCUT2D eigenvalue weighted by Crippen LogP contribution is -1.89. The predicted molar refractivity (Wildman–Crippen MR) is 66.1 cm³/mol. The Hall–Kier alpha value is -1.99. The van der Waals surface area contributed by atoms with Crippen LogP contribution >= 0.6 is 11.8 Å². The van der Waals surface area contributed by atoms with Gasteiger partial charge >= 0.3 is 0 Å². The van der Waals surface area contributed by atoms with Crippen molar-refractivity contribution in [3.63, 3.8) is 0 Å². The molecule has 4 heteroatoms. The minimum Gasteiger partial charge on any atom is -0.398 e. The van der Waals surface area contributed by atoms with Crippen LogP contribution in [0.25, 0.3) is 0 Å². The highest BCUT2D eigenvalue weighted by Gasteiger charge is 2.02. The lowest BCUT2D eigenvalue weighted by molar-refractivity contribution is 0.626. The van der Waals surface area contributed by atoms with Crippen LogP contribution in [-0.2, 0) is 0 Å². The van der Waals surface area contributed by atoms with E-state index in [4.69, 9.17) is 11.0 Å². The molecule has 0 aliphatic rings. The van der Waals surface area contributed by atoms with E-state index in [9.17, 15) is 4.39 Å². The highest BCUT2D eigenvalue weighted by Crippen LogP contribution is 2.29. The molecule has 0 amide bonds. The van der Waals surface area contributed by atoms with Crippen molar-refractivity contribution >= 4 is 17.4 Å². The summed E-state index contributed by atoms with van der Waals surface area (Å²) in [5.74, 6) is -0.256. The fourth-order valence-electron chi connectivity index (χ4n) is 1.34.